The van der Waals surface area contributed by atoms with Crippen LogP contribution in [0.3, 0.4) is 0 Å². The Kier molecular flexibility index (Phi) is 3.46. The van der Waals surface area contributed by atoms with Crippen molar-refractivity contribution in [3.8, 4) is 0 Å². The highest BCUT2D eigenvalue weighted by Gasteiger charge is 2.15. The maximum absolute atomic E-state index is 5.70. The maximum atomic E-state index is 5.70. The molecular weight excluding hydrogens is 150 g/mol. The van der Waals surface area contributed by atoms with E-state index in [0.717, 1.165) is 32.2 Å². The van der Waals surface area contributed by atoms with Crippen LogP contribution in [0.15, 0.2) is 0 Å². The summed E-state index contributed by atoms with van der Waals surface area (Å²) in [5, 5.41) is 0. The van der Waals surface area contributed by atoms with Crippen molar-refractivity contribution in [3.63, 3.8) is 0 Å². The van der Waals surface area contributed by atoms with Crippen molar-refractivity contribution in [2.75, 3.05) is 32.2 Å². The first-order valence-electron chi connectivity index (χ1n) is 3.72. The fourth-order valence-corrected chi connectivity index (χ4v) is 1.31. The zero-order valence-corrected chi connectivity index (χ0v) is 7.10. The van der Waals surface area contributed by atoms with E-state index in [2.05, 4.69) is 11.8 Å². The molecule has 0 aromatic carbocycles. The van der Waals surface area contributed by atoms with Crippen LogP contribution < -0.4 is 0 Å². The van der Waals surface area contributed by atoms with Crippen LogP contribution in [-0.4, -0.2) is 43.1 Å². The molecule has 0 radical (unpaired) electrons. The molecule has 1 saturated heterocycles. The molecule has 0 aliphatic carbocycles. The lowest BCUT2D eigenvalue weighted by atomic mass is 10.3. The number of ether oxygens (including phenoxy) is 1. The minimum atomic E-state index is 0.505. The number of hydrogen-bond acceptors (Lipinski definition) is 2. The molecule has 0 spiro atoms. The molecule has 0 amide bonds. The van der Waals surface area contributed by atoms with Gasteiger partial charge in [-0.05, 0) is 6.92 Å². The second-order valence-corrected chi connectivity index (χ2v) is 2.96. The fraction of sp³-hybridized carbons (Fsp3) is 1.00. The SMILES string of the molecule is C[C@@H](CCl)N1CCOCC1. The largest absolute Gasteiger partial charge is 0.379 e. The van der Waals surface area contributed by atoms with Gasteiger partial charge in [-0.1, -0.05) is 0 Å². The maximum Gasteiger partial charge on any atom is 0.0594 e. The van der Waals surface area contributed by atoms with Crippen LogP contribution in [0.25, 0.3) is 0 Å². The highest BCUT2D eigenvalue weighted by molar-refractivity contribution is 6.18. The molecule has 0 aromatic heterocycles. The molecule has 0 unspecified atom stereocenters. The molecule has 60 valence electrons. The van der Waals surface area contributed by atoms with E-state index in [4.69, 9.17) is 16.3 Å². The monoisotopic (exact) mass is 163 g/mol. The summed E-state index contributed by atoms with van der Waals surface area (Å²) in [6.45, 7) is 5.95. The van der Waals surface area contributed by atoms with E-state index in [-0.39, 0.29) is 0 Å². The first kappa shape index (κ1) is 8.31. The second-order valence-electron chi connectivity index (χ2n) is 2.65. The van der Waals surface area contributed by atoms with Crippen molar-refractivity contribution in [1.82, 2.24) is 4.90 Å². The summed E-state index contributed by atoms with van der Waals surface area (Å²) in [6, 6.07) is 0.505. The first-order valence-corrected chi connectivity index (χ1v) is 4.26. The number of hydrogen-bond donors (Lipinski definition) is 0. The standard InChI is InChI=1S/C7H14ClNO/c1-7(6-8)9-2-4-10-5-3-9/h7H,2-6H2,1H3/t7-/m0/s1. The van der Waals surface area contributed by atoms with Gasteiger partial charge in [0.1, 0.15) is 0 Å². The lowest BCUT2D eigenvalue weighted by Crippen LogP contribution is -2.42. The van der Waals surface area contributed by atoms with Gasteiger partial charge in [0.25, 0.3) is 0 Å². The van der Waals surface area contributed by atoms with Crippen LogP contribution in [0.2, 0.25) is 0 Å². The van der Waals surface area contributed by atoms with Crippen molar-refractivity contribution >= 4 is 11.6 Å². The Balaban J connectivity index is 2.24. The summed E-state index contributed by atoms with van der Waals surface area (Å²) < 4.78 is 5.21. The van der Waals surface area contributed by atoms with E-state index >= 15 is 0 Å². The molecule has 0 bridgehead atoms. The number of morpholine rings is 1. The van der Waals surface area contributed by atoms with Crippen LogP contribution in [0.1, 0.15) is 6.92 Å². The van der Waals surface area contributed by atoms with Gasteiger partial charge >= 0.3 is 0 Å². The molecule has 0 N–H and O–H groups in total. The summed E-state index contributed by atoms with van der Waals surface area (Å²) >= 11 is 5.70. The van der Waals surface area contributed by atoms with Crippen LogP contribution in [0.5, 0.6) is 0 Å². The van der Waals surface area contributed by atoms with Gasteiger partial charge in [-0.3, -0.25) is 4.90 Å². The fourth-order valence-electron chi connectivity index (χ4n) is 1.12. The van der Waals surface area contributed by atoms with E-state index in [0.29, 0.717) is 6.04 Å². The number of halogens is 1. The summed E-state index contributed by atoms with van der Waals surface area (Å²) in [5.41, 5.74) is 0. The third kappa shape index (κ3) is 2.11. The van der Waals surface area contributed by atoms with E-state index < -0.39 is 0 Å². The molecule has 10 heavy (non-hydrogen) atoms. The van der Waals surface area contributed by atoms with Gasteiger partial charge in [0.05, 0.1) is 13.2 Å². The van der Waals surface area contributed by atoms with E-state index in [1.807, 2.05) is 0 Å². The predicted molar refractivity (Wildman–Crippen MR) is 42.6 cm³/mol. The van der Waals surface area contributed by atoms with Crippen LogP contribution >= 0.6 is 11.6 Å². The molecule has 0 saturated carbocycles. The van der Waals surface area contributed by atoms with Crippen molar-refractivity contribution < 1.29 is 4.74 Å². The molecule has 0 aromatic rings. The van der Waals surface area contributed by atoms with Crippen molar-refractivity contribution in [2.24, 2.45) is 0 Å². The predicted octanol–water partition coefficient (Wildman–Crippen LogP) is 0.946. The van der Waals surface area contributed by atoms with E-state index in [1.54, 1.807) is 0 Å². The van der Waals surface area contributed by atoms with Crippen LogP contribution in [0.4, 0.5) is 0 Å². The Bertz CT molecular complexity index is 93.6. The Morgan fingerprint density at radius 2 is 2.10 bits per heavy atom. The Morgan fingerprint density at radius 1 is 1.50 bits per heavy atom. The molecular formula is C7H14ClNO. The summed E-state index contributed by atoms with van der Waals surface area (Å²) in [4.78, 5) is 2.36. The van der Waals surface area contributed by atoms with E-state index in [9.17, 15) is 0 Å². The minimum Gasteiger partial charge on any atom is -0.379 e. The zero-order chi connectivity index (χ0) is 7.40. The molecule has 1 aliphatic rings. The van der Waals surface area contributed by atoms with Gasteiger partial charge in [0.15, 0.2) is 0 Å². The molecule has 1 atom stereocenters. The number of nitrogens with zero attached hydrogens (tertiary/aromatic N) is 1. The van der Waals surface area contributed by atoms with Crippen molar-refractivity contribution in [2.45, 2.75) is 13.0 Å². The number of alkyl halides is 1. The number of rotatable bonds is 2. The summed E-state index contributed by atoms with van der Waals surface area (Å²) in [5.74, 6) is 0.722. The zero-order valence-electron chi connectivity index (χ0n) is 6.35. The molecule has 2 nitrogen and oxygen atoms in total. The molecule has 1 rings (SSSR count). The minimum absolute atomic E-state index is 0.505. The topological polar surface area (TPSA) is 12.5 Å². The highest BCUT2D eigenvalue weighted by Crippen LogP contribution is 2.04. The third-order valence-electron chi connectivity index (χ3n) is 1.89. The van der Waals surface area contributed by atoms with Crippen molar-refractivity contribution in [1.29, 1.82) is 0 Å². The normalized spacial score (nSPS) is 24.6. The van der Waals surface area contributed by atoms with Crippen LogP contribution in [0, 0.1) is 0 Å². The molecule has 1 heterocycles. The van der Waals surface area contributed by atoms with Gasteiger partial charge in [-0.2, -0.15) is 0 Å². The lowest BCUT2D eigenvalue weighted by molar-refractivity contribution is 0.0244. The van der Waals surface area contributed by atoms with E-state index in [1.165, 1.54) is 0 Å². The Labute approximate surface area is 67.1 Å². The third-order valence-corrected chi connectivity index (χ3v) is 2.34. The van der Waals surface area contributed by atoms with Gasteiger partial charge in [-0.15, -0.1) is 11.6 Å². The average molecular weight is 164 g/mol. The van der Waals surface area contributed by atoms with Gasteiger partial charge in [0.2, 0.25) is 0 Å². The summed E-state index contributed by atoms with van der Waals surface area (Å²) in [6.07, 6.45) is 0. The Morgan fingerprint density at radius 3 is 2.60 bits per heavy atom. The molecule has 3 heteroatoms. The smallest absolute Gasteiger partial charge is 0.0594 e. The second kappa shape index (κ2) is 4.16. The summed E-state index contributed by atoms with van der Waals surface area (Å²) in [7, 11) is 0. The first-order chi connectivity index (χ1) is 4.84. The Hall–Kier alpha value is 0.210. The quantitative estimate of drug-likeness (QED) is 0.562. The lowest BCUT2D eigenvalue weighted by Gasteiger charge is -2.30. The highest BCUT2D eigenvalue weighted by atomic mass is 35.5. The van der Waals surface area contributed by atoms with Gasteiger partial charge in [-0.25, -0.2) is 0 Å². The average Bonchev–Trinajstić information content (AvgIpc) is 2.05. The van der Waals surface area contributed by atoms with Gasteiger partial charge in [0, 0.05) is 25.0 Å². The van der Waals surface area contributed by atoms with Gasteiger partial charge < -0.3 is 4.74 Å². The molecule has 1 aliphatic heterocycles. The van der Waals surface area contributed by atoms with Crippen LogP contribution in [-0.2, 0) is 4.74 Å². The van der Waals surface area contributed by atoms with Crippen molar-refractivity contribution in [3.05, 3.63) is 0 Å². The molecule has 1 fully saturated rings.